The Morgan fingerprint density at radius 2 is 1.85 bits per heavy atom. The number of rotatable bonds is 6. The molecule has 0 amide bonds. The Bertz CT molecular complexity index is 1250. The minimum absolute atomic E-state index is 0.0999. The van der Waals surface area contributed by atoms with Gasteiger partial charge >= 0.3 is 0 Å². The quantitative estimate of drug-likeness (QED) is 0.601. The number of fused-ring (bicyclic) bond motifs is 1. The predicted molar refractivity (Wildman–Crippen MR) is 128 cm³/mol. The van der Waals surface area contributed by atoms with Gasteiger partial charge in [0, 0.05) is 37.4 Å². The smallest absolute Gasteiger partial charge is 0.252 e. The lowest BCUT2D eigenvalue weighted by atomic mass is 9.89. The van der Waals surface area contributed by atoms with Crippen molar-refractivity contribution in [2.45, 2.75) is 50.6 Å². The second-order valence-corrected chi connectivity index (χ2v) is 9.35. The van der Waals surface area contributed by atoms with Gasteiger partial charge in [0.05, 0.1) is 11.2 Å². The molecule has 0 radical (unpaired) electrons. The summed E-state index contributed by atoms with van der Waals surface area (Å²) in [6.45, 7) is 1.04. The Morgan fingerprint density at radius 1 is 1.12 bits per heavy atom. The second-order valence-electron chi connectivity index (χ2n) is 9.35. The molecule has 0 saturated heterocycles. The minimum Gasteiger partial charge on any atom is -0.380 e. The monoisotopic (exact) mass is 445 g/mol. The zero-order chi connectivity index (χ0) is 22.9. The van der Waals surface area contributed by atoms with Crippen LogP contribution in [0.3, 0.4) is 0 Å². The van der Waals surface area contributed by atoms with Gasteiger partial charge in [-0.2, -0.15) is 5.26 Å². The molecule has 2 aromatic heterocycles. The maximum Gasteiger partial charge on any atom is 0.252 e. The lowest BCUT2D eigenvalue weighted by Gasteiger charge is -2.39. The van der Waals surface area contributed by atoms with Crippen LogP contribution in [0.1, 0.15) is 44.2 Å². The van der Waals surface area contributed by atoms with E-state index in [0.29, 0.717) is 28.5 Å². The first-order valence-corrected chi connectivity index (χ1v) is 11.7. The number of pyridine rings is 2. The first-order valence-electron chi connectivity index (χ1n) is 11.7. The highest BCUT2D eigenvalue weighted by atomic mass is 19.1. The van der Waals surface area contributed by atoms with Crippen molar-refractivity contribution in [3.63, 3.8) is 0 Å². The van der Waals surface area contributed by atoms with Crippen LogP contribution in [0.25, 0.3) is 11.0 Å². The number of anilines is 2. The third-order valence-electron chi connectivity index (χ3n) is 7.01. The number of aryl methyl sites for hydroxylation is 1. The first-order chi connectivity index (χ1) is 16.0. The van der Waals surface area contributed by atoms with E-state index in [1.165, 1.54) is 12.8 Å². The molecular weight excluding hydrogens is 417 g/mol. The van der Waals surface area contributed by atoms with Gasteiger partial charge in [0.2, 0.25) is 0 Å². The highest BCUT2D eigenvalue weighted by Gasteiger charge is 2.31. The molecule has 0 bridgehead atoms. The maximum atomic E-state index is 13.5. The van der Waals surface area contributed by atoms with Crippen LogP contribution in [0, 0.1) is 23.1 Å². The molecule has 6 nitrogen and oxygen atoms in total. The van der Waals surface area contributed by atoms with Gasteiger partial charge in [-0.05, 0) is 80.8 Å². The predicted octanol–water partition coefficient (Wildman–Crippen LogP) is 4.58. The fraction of sp³-hybridized carbons (Fsp3) is 0.423. The topological polar surface area (TPSA) is 74.0 Å². The number of aromatic nitrogens is 2. The largest absolute Gasteiger partial charge is 0.380 e. The Labute approximate surface area is 192 Å². The second kappa shape index (κ2) is 8.86. The van der Waals surface area contributed by atoms with E-state index in [4.69, 9.17) is 0 Å². The Kier molecular flexibility index (Phi) is 5.76. The average Bonchev–Trinajstić information content (AvgIpc) is 3.66. The number of hydrogen-bond donors (Lipinski definition) is 1. The third kappa shape index (κ3) is 4.56. The summed E-state index contributed by atoms with van der Waals surface area (Å²) in [7, 11) is 1.72. The normalized spacial score (nSPS) is 20.4. The first kappa shape index (κ1) is 21.4. The van der Waals surface area contributed by atoms with Crippen molar-refractivity contribution in [2.75, 3.05) is 16.8 Å². The van der Waals surface area contributed by atoms with Gasteiger partial charge in [0.1, 0.15) is 23.1 Å². The molecule has 0 atom stereocenters. The number of nitrogens with one attached hydrogen (secondary N) is 1. The van der Waals surface area contributed by atoms with E-state index in [-0.39, 0.29) is 17.4 Å². The summed E-state index contributed by atoms with van der Waals surface area (Å²) in [6.07, 6.45) is 6.57. The highest BCUT2D eigenvalue weighted by molar-refractivity contribution is 5.88. The van der Waals surface area contributed by atoms with Crippen LogP contribution in [0.2, 0.25) is 0 Å². The van der Waals surface area contributed by atoms with E-state index in [1.807, 2.05) is 12.1 Å². The molecule has 2 fully saturated rings. The summed E-state index contributed by atoms with van der Waals surface area (Å²) in [5.41, 5.74) is 3.40. The van der Waals surface area contributed by atoms with Crippen molar-refractivity contribution in [1.82, 2.24) is 9.55 Å². The van der Waals surface area contributed by atoms with Gasteiger partial charge in [0.25, 0.3) is 5.56 Å². The van der Waals surface area contributed by atoms with E-state index >= 15 is 0 Å². The van der Waals surface area contributed by atoms with Crippen LogP contribution in [0.15, 0.2) is 47.3 Å². The molecule has 3 aromatic rings. The number of hydrogen-bond acceptors (Lipinski definition) is 5. The van der Waals surface area contributed by atoms with Gasteiger partial charge < -0.3 is 14.8 Å². The molecule has 170 valence electrons. The molecule has 2 aliphatic rings. The molecule has 2 heterocycles. The molecule has 1 aromatic carbocycles. The average molecular weight is 446 g/mol. The summed E-state index contributed by atoms with van der Waals surface area (Å²) < 4.78 is 15.0. The Morgan fingerprint density at radius 3 is 2.52 bits per heavy atom. The maximum absolute atomic E-state index is 13.5. The molecule has 0 aliphatic heterocycles. The van der Waals surface area contributed by atoms with Gasteiger partial charge in [0.15, 0.2) is 0 Å². The molecular formula is C26H28FN5O. The van der Waals surface area contributed by atoms with Crippen LogP contribution < -0.4 is 15.8 Å². The third-order valence-corrected chi connectivity index (χ3v) is 7.01. The zero-order valence-corrected chi connectivity index (χ0v) is 18.8. The molecule has 0 unspecified atom stereocenters. The summed E-state index contributed by atoms with van der Waals surface area (Å²) in [6, 6.07) is 14.6. The van der Waals surface area contributed by atoms with Crippen LogP contribution in [0.5, 0.6) is 0 Å². The summed E-state index contributed by atoms with van der Waals surface area (Å²) in [5, 5.41) is 12.8. The number of halogens is 1. The Balaban J connectivity index is 1.32. The van der Waals surface area contributed by atoms with Crippen molar-refractivity contribution in [2.24, 2.45) is 13.0 Å². The lowest BCUT2D eigenvalue weighted by molar-refractivity contribution is 0.386. The van der Waals surface area contributed by atoms with Gasteiger partial charge in [-0.25, -0.2) is 9.37 Å². The minimum atomic E-state index is -0.201. The van der Waals surface area contributed by atoms with Crippen LogP contribution >= 0.6 is 0 Å². The van der Waals surface area contributed by atoms with E-state index in [0.717, 1.165) is 43.8 Å². The van der Waals surface area contributed by atoms with E-state index in [9.17, 15) is 14.4 Å². The molecule has 0 spiro atoms. The van der Waals surface area contributed by atoms with Crippen molar-refractivity contribution < 1.29 is 4.39 Å². The molecule has 2 saturated carbocycles. The van der Waals surface area contributed by atoms with Gasteiger partial charge in [-0.3, -0.25) is 4.79 Å². The lowest BCUT2D eigenvalue weighted by Crippen LogP contribution is -2.42. The van der Waals surface area contributed by atoms with Crippen LogP contribution in [0.4, 0.5) is 15.8 Å². The SMILES string of the molecule is Cn1c(=O)cc(N[C@H]2CC[C@@H](N(CC3CC3)c3ccc(F)cc3)CC2)c2nc(C#N)ccc21. The summed E-state index contributed by atoms with van der Waals surface area (Å²) in [5.74, 6) is 0.547. The van der Waals surface area contributed by atoms with Crippen molar-refractivity contribution in [1.29, 1.82) is 5.26 Å². The number of nitriles is 1. The van der Waals surface area contributed by atoms with Crippen LogP contribution in [-0.2, 0) is 7.05 Å². The van der Waals surface area contributed by atoms with E-state index in [2.05, 4.69) is 21.3 Å². The van der Waals surface area contributed by atoms with Crippen molar-refractivity contribution in [3.05, 3.63) is 64.3 Å². The standard InChI is InChI=1S/C26H28FN5O/c1-31-24-13-8-20(15-28)30-26(24)23(14-25(31)33)29-19-6-11-22(12-7-19)32(16-17-2-3-17)21-9-4-18(27)5-10-21/h4-5,8-10,13-14,17,19,22,29H,2-3,6-7,11-12,16H2,1H3/t19-,22+. The van der Waals surface area contributed by atoms with E-state index in [1.54, 1.807) is 41.9 Å². The number of nitrogens with zero attached hydrogens (tertiary/aromatic N) is 4. The highest BCUT2D eigenvalue weighted by Crippen LogP contribution is 2.36. The molecule has 33 heavy (non-hydrogen) atoms. The molecule has 1 N–H and O–H groups in total. The fourth-order valence-corrected chi connectivity index (χ4v) is 4.93. The van der Waals surface area contributed by atoms with Crippen LogP contribution in [-0.4, -0.2) is 28.2 Å². The summed E-state index contributed by atoms with van der Waals surface area (Å²) >= 11 is 0. The van der Waals surface area contributed by atoms with E-state index < -0.39 is 0 Å². The van der Waals surface area contributed by atoms with Gasteiger partial charge in [-0.15, -0.1) is 0 Å². The molecule has 7 heteroatoms. The molecule has 5 rings (SSSR count). The fourth-order valence-electron chi connectivity index (χ4n) is 4.93. The molecule has 2 aliphatic carbocycles. The van der Waals surface area contributed by atoms with Crippen molar-refractivity contribution >= 4 is 22.4 Å². The number of benzene rings is 1. The van der Waals surface area contributed by atoms with Crippen molar-refractivity contribution in [3.8, 4) is 6.07 Å². The zero-order valence-electron chi connectivity index (χ0n) is 18.8. The Hall–Kier alpha value is -3.40. The summed E-state index contributed by atoms with van der Waals surface area (Å²) in [4.78, 5) is 19.4. The van der Waals surface area contributed by atoms with Gasteiger partial charge in [-0.1, -0.05) is 0 Å².